The van der Waals surface area contributed by atoms with Crippen LogP contribution in [-0.2, 0) is 47.2 Å². The van der Waals surface area contributed by atoms with E-state index in [9.17, 15) is 4.39 Å². The second-order valence-electron chi connectivity index (χ2n) is 22.9. The first kappa shape index (κ1) is 45.8. The van der Waals surface area contributed by atoms with E-state index < -0.39 is 0 Å². The summed E-state index contributed by atoms with van der Waals surface area (Å²) in [6.45, 7) is 26.0. The van der Waals surface area contributed by atoms with E-state index in [4.69, 9.17) is 9.40 Å². The van der Waals surface area contributed by atoms with Crippen molar-refractivity contribution in [1.82, 2.24) is 14.5 Å². The minimum absolute atomic E-state index is 0. The molecule has 0 bridgehead atoms. The van der Waals surface area contributed by atoms with E-state index in [0.717, 1.165) is 68.5 Å². The molecule has 4 nitrogen and oxygen atoms in total. The Hall–Kier alpha value is -5.94. The summed E-state index contributed by atoms with van der Waals surface area (Å²) < 4.78 is 22.2. The Kier molecular flexibility index (Phi) is 10.6. The van der Waals surface area contributed by atoms with Gasteiger partial charge in [-0.3, -0.25) is 9.37 Å². The van der Waals surface area contributed by atoms with Gasteiger partial charge in [-0.25, -0.2) is 0 Å². The van der Waals surface area contributed by atoms with Crippen LogP contribution in [0, 0.1) is 17.9 Å². The standard InChI is InChI=1S/C47H43N2O.C15H15FN.Ir/c1-44(2)25-46(5,6)39-34(44)24-35-40(47(7,8)26-45(35,3)4)41(39)49-37-19-12-11-18-36(37)48-43(49)31-17-13-16-30-33-22-28-21-20-27-14-9-10-15-29(27)32(28)23-38(33)50-42(30)31;1-15(2,3)12-6-9-14(17-10-12)11-4-7-13(16)8-5-11;/h9-16,18-24H,25-26H2,1-8H3;4,6-10H,1-3H3;/q2*-1;. The van der Waals surface area contributed by atoms with Gasteiger partial charge in [0.15, 0.2) is 0 Å². The molecule has 0 saturated heterocycles. The van der Waals surface area contributed by atoms with E-state index in [-0.39, 0.29) is 53.0 Å². The monoisotopic (exact) mass is 1070 g/mol. The molecular weight excluding hydrogens is 1010 g/mol. The van der Waals surface area contributed by atoms with Crippen LogP contribution in [0.3, 0.4) is 0 Å². The Morgan fingerprint density at radius 2 is 1.32 bits per heavy atom. The number of imidazole rings is 1. The molecule has 2 aliphatic rings. The third kappa shape index (κ3) is 7.33. The fourth-order valence-electron chi connectivity index (χ4n) is 12.3. The second kappa shape index (κ2) is 15.8. The summed E-state index contributed by atoms with van der Waals surface area (Å²) in [5.41, 5.74) is 14.9. The van der Waals surface area contributed by atoms with Crippen LogP contribution in [-0.4, -0.2) is 14.5 Å². The molecule has 6 heteroatoms. The molecule has 0 spiro atoms. The van der Waals surface area contributed by atoms with Crippen molar-refractivity contribution in [2.45, 2.75) is 116 Å². The van der Waals surface area contributed by atoms with Crippen LogP contribution in [0.15, 0.2) is 132 Å². The van der Waals surface area contributed by atoms with E-state index in [1.807, 2.05) is 12.3 Å². The quantitative estimate of drug-likeness (QED) is 0.131. The molecule has 1 radical (unpaired) electrons. The zero-order chi connectivity index (χ0) is 47.0. The first-order valence-corrected chi connectivity index (χ1v) is 23.8. The third-order valence-corrected chi connectivity index (χ3v) is 14.9. The zero-order valence-electron chi connectivity index (χ0n) is 41.0. The predicted molar refractivity (Wildman–Crippen MR) is 276 cm³/mol. The molecule has 68 heavy (non-hydrogen) atoms. The van der Waals surface area contributed by atoms with Crippen molar-refractivity contribution in [3.63, 3.8) is 0 Å². The summed E-state index contributed by atoms with van der Waals surface area (Å²) >= 11 is 0. The number of pyridine rings is 1. The van der Waals surface area contributed by atoms with Crippen LogP contribution in [0.25, 0.3) is 82.8 Å². The summed E-state index contributed by atoms with van der Waals surface area (Å²) in [5, 5.41) is 7.10. The Morgan fingerprint density at radius 3 is 1.99 bits per heavy atom. The molecule has 0 aliphatic heterocycles. The van der Waals surface area contributed by atoms with E-state index in [0.29, 0.717) is 0 Å². The van der Waals surface area contributed by atoms with Crippen molar-refractivity contribution in [2.75, 3.05) is 0 Å². The van der Waals surface area contributed by atoms with Gasteiger partial charge >= 0.3 is 0 Å². The van der Waals surface area contributed by atoms with Gasteiger partial charge in [0.25, 0.3) is 0 Å². The molecule has 0 atom stereocenters. The van der Waals surface area contributed by atoms with Crippen molar-refractivity contribution in [1.29, 1.82) is 0 Å². The number of hydrogen-bond donors (Lipinski definition) is 0. The number of para-hydroxylation sites is 2. The fraction of sp³-hybridized carbons (Fsp3) is 0.290. The van der Waals surface area contributed by atoms with Gasteiger partial charge in [-0.1, -0.05) is 154 Å². The van der Waals surface area contributed by atoms with Gasteiger partial charge in [0, 0.05) is 43.2 Å². The molecule has 12 rings (SSSR count). The predicted octanol–water partition coefficient (Wildman–Crippen LogP) is 16.6. The summed E-state index contributed by atoms with van der Waals surface area (Å²) in [6.07, 6.45) is 4.07. The molecule has 10 aromatic rings. The number of halogens is 1. The topological polar surface area (TPSA) is 43.9 Å². The molecule has 3 aromatic heterocycles. The van der Waals surface area contributed by atoms with Crippen molar-refractivity contribution in [3.05, 3.63) is 173 Å². The maximum atomic E-state index is 12.8. The smallest absolute Gasteiger partial charge is 0.121 e. The van der Waals surface area contributed by atoms with E-state index >= 15 is 0 Å². The van der Waals surface area contributed by atoms with Gasteiger partial charge in [0.2, 0.25) is 0 Å². The van der Waals surface area contributed by atoms with Crippen LogP contribution in [0.2, 0.25) is 0 Å². The first-order chi connectivity index (χ1) is 31.7. The molecule has 3 heterocycles. The van der Waals surface area contributed by atoms with Gasteiger partial charge < -0.3 is 14.0 Å². The van der Waals surface area contributed by atoms with Gasteiger partial charge in [-0.2, -0.15) is 0 Å². The van der Waals surface area contributed by atoms with Gasteiger partial charge in [-0.05, 0) is 119 Å². The van der Waals surface area contributed by atoms with Crippen LogP contribution >= 0.6 is 0 Å². The number of nitrogens with zero attached hydrogens (tertiary/aromatic N) is 3. The molecular formula is C62H58FIrN3O-2. The van der Waals surface area contributed by atoms with Gasteiger partial charge in [-0.15, -0.1) is 48.0 Å². The molecule has 345 valence electrons. The maximum absolute atomic E-state index is 12.8. The average molecular weight is 1070 g/mol. The maximum Gasteiger partial charge on any atom is 0.121 e. The Balaban J connectivity index is 0.000000254. The minimum Gasteiger partial charge on any atom is -0.501 e. The molecule has 0 fully saturated rings. The number of fused-ring (bicyclic) bond motifs is 9. The van der Waals surface area contributed by atoms with E-state index in [1.165, 1.54) is 67.2 Å². The average Bonchev–Trinajstić information content (AvgIpc) is 3.95. The van der Waals surface area contributed by atoms with Crippen molar-refractivity contribution in [3.8, 4) is 28.3 Å². The summed E-state index contributed by atoms with van der Waals surface area (Å²) in [7, 11) is 0. The normalized spacial score (nSPS) is 16.5. The van der Waals surface area contributed by atoms with Crippen LogP contribution < -0.4 is 0 Å². The summed E-state index contributed by atoms with van der Waals surface area (Å²) in [4.78, 5) is 9.86. The zero-order valence-corrected chi connectivity index (χ0v) is 43.4. The first-order valence-electron chi connectivity index (χ1n) is 23.8. The molecule has 7 aromatic carbocycles. The second-order valence-corrected chi connectivity index (χ2v) is 22.9. The largest absolute Gasteiger partial charge is 0.501 e. The fourth-order valence-corrected chi connectivity index (χ4v) is 12.3. The van der Waals surface area contributed by atoms with E-state index in [1.54, 1.807) is 6.07 Å². The van der Waals surface area contributed by atoms with Crippen LogP contribution in [0.1, 0.15) is 117 Å². The Morgan fingerprint density at radius 1 is 0.647 bits per heavy atom. The van der Waals surface area contributed by atoms with Crippen molar-refractivity contribution < 1.29 is 28.9 Å². The molecule has 0 amide bonds. The molecule has 0 N–H and O–H groups in total. The minimum atomic E-state index is -0.278. The van der Waals surface area contributed by atoms with Gasteiger partial charge in [0.05, 0.1) is 22.4 Å². The molecule has 2 aliphatic carbocycles. The van der Waals surface area contributed by atoms with Crippen molar-refractivity contribution in [2.24, 2.45) is 0 Å². The molecule has 0 saturated carbocycles. The molecule has 0 unspecified atom stereocenters. The van der Waals surface area contributed by atoms with Crippen molar-refractivity contribution >= 4 is 54.5 Å². The SMILES string of the molecule is CC(C)(C)c1ccc(-c2[c-]cc(F)cc2)nc1.CC1(C)CC(C)(C)c2c1cc1c(c2-n2c(-c3[c-]ccc4c3oc3cc5c(ccc6ccccc65)cc34)nc3ccccc32)C(C)(C)CC1(C)C.[Ir]. The number of hydrogen-bond acceptors (Lipinski definition) is 3. The summed E-state index contributed by atoms with van der Waals surface area (Å²) in [5.74, 6) is 0.613. The van der Waals surface area contributed by atoms with Gasteiger partial charge in [0.1, 0.15) is 5.58 Å². The number of benzene rings is 7. The summed E-state index contributed by atoms with van der Waals surface area (Å²) in [6, 6.07) is 48.0. The Bertz CT molecular complexity index is 3570. The number of aromatic nitrogens is 3. The number of rotatable bonds is 3. The van der Waals surface area contributed by atoms with E-state index in [2.05, 4.69) is 195 Å². The Labute approximate surface area is 413 Å². The van der Waals surface area contributed by atoms with Crippen LogP contribution in [0.4, 0.5) is 4.39 Å². The van der Waals surface area contributed by atoms with Crippen LogP contribution in [0.5, 0.6) is 0 Å². The third-order valence-electron chi connectivity index (χ3n) is 14.9. The number of furan rings is 1.